The molecular weight excluding hydrogens is 276 g/mol. The number of ether oxygens (including phenoxy) is 2. The van der Waals surface area contributed by atoms with Gasteiger partial charge in [0, 0.05) is 13.2 Å². The third-order valence-corrected chi connectivity index (χ3v) is 3.80. The van der Waals surface area contributed by atoms with Crippen molar-refractivity contribution in [2.45, 2.75) is 97.0 Å². The third kappa shape index (κ3) is 19.6. The van der Waals surface area contributed by atoms with Gasteiger partial charge in [-0.25, -0.2) is 0 Å². The van der Waals surface area contributed by atoms with E-state index in [0.717, 1.165) is 19.5 Å². The van der Waals surface area contributed by atoms with Crippen molar-refractivity contribution in [1.29, 1.82) is 0 Å². The summed E-state index contributed by atoms with van der Waals surface area (Å²) in [4.78, 5) is 9.44. The minimum atomic E-state index is -0.0463. The summed E-state index contributed by atoms with van der Waals surface area (Å²) >= 11 is 0. The molecule has 1 heterocycles. The Morgan fingerprint density at radius 2 is 1.23 bits per heavy atom. The number of unbranched alkanes of at least 4 members (excludes halogenated alkanes) is 10. The van der Waals surface area contributed by atoms with Gasteiger partial charge in [0.2, 0.25) is 0 Å². The van der Waals surface area contributed by atoms with Gasteiger partial charge < -0.3 is 14.3 Å². The van der Waals surface area contributed by atoms with Crippen molar-refractivity contribution in [3.05, 3.63) is 0 Å². The number of rotatable bonds is 15. The highest BCUT2D eigenvalue weighted by atomic mass is 16.6. The zero-order valence-electron chi connectivity index (χ0n) is 15.0. The summed E-state index contributed by atoms with van der Waals surface area (Å²) in [7, 11) is 0. The molecule has 1 aliphatic heterocycles. The van der Waals surface area contributed by atoms with Crippen LogP contribution in [0.5, 0.6) is 0 Å². The molecule has 1 fully saturated rings. The smallest absolute Gasteiger partial charge is 0.151 e. The SMILES string of the molecule is CCCCCCCCOCCCCCCCC.O=CC1CO1. The molecule has 0 bridgehead atoms. The molecule has 3 nitrogen and oxygen atoms in total. The second-order valence-corrected chi connectivity index (χ2v) is 6.16. The minimum absolute atomic E-state index is 0.0463. The molecule has 3 heteroatoms. The van der Waals surface area contributed by atoms with Gasteiger partial charge in [0.1, 0.15) is 6.10 Å². The Labute approximate surface area is 138 Å². The van der Waals surface area contributed by atoms with Gasteiger partial charge in [0.05, 0.1) is 6.61 Å². The first kappa shape index (κ1) is 21.6. The van der Waals surface area contributed by atoms with Gasteiger partial charge in [-0.2, -0.15) is 0 Å². The molecule has 0 radical (unpaired) electrons. The average molecular weight is 315 g/mol. The fourth-order valence-electron chi connectivity index (χ4n) is 2.21. The molecule has 0 aromatic carbocycles. The highest BCUT2D eigenvalue weighted by Gasteiger charge is 2.19. The van der Waals surface area contributed by atoms with Gasteiger partial charge in [-0.3, -0.25) is 0 Å². The summed E-state index contributed by atoms with van der Waals surface area (Å²) in [5.74, 6) is 0. The first-order chi connectivity index (χ1) is 10.8. The van der Waals surface area contributed by atoms with Gasteiger partial charge >= 0.3 is 0 Å². The van der Waals surface area contributed by atoms with Crippen LogP contribution in [-0.2, 0) is 14.3 Å². The third-order valence-electron chi connectivity index (χ3n) is 3.80. The summed E-state index contributed by atoms with van der Waals surface area (Å²) < 4.78 is 10.1. The number of hydrogen-bond donors (Lipinski definition) is 0. The van der Waals surface area contributed by atoms with Gasteiger partial charge in [0.15, 0.2) is 6.29 Å². The van der Waals surface area contributed by atoms with Gasteiger partial charge in [-0.05, 0) is 12.8 Å². The zero-order valence-corrected chi connectivity index (χ0v) is 15.0. The van der Waals surface area contributed by atoms with E-state index in [1.54, 1.807) is 0 Å². The molecule has 1 unspecified atom stereocenters. The summed E-state index contributed by atoms with van der Waals surface area (Å²) in [6.45, 7) is 7.15. The molecule has 0 aromatic heterocycles. The first-order valence-electron chi connectivity index (χ1n) is 9.49. The molecule has 0 amide bonds. The normalized spacial score (nSPS) is 16.0. The molecule has 1 rings (SSSR count). The molecule has 132 valence electrons. The fraction of sp³-hybridized carbons (Fsp3) is 0.947. The highest BCUT2D eigenvalue weighted by molar-refractivity contribution is 5.58. The Morgan fingerprint density at radius 1 is 0.818 bits per heavy atom. The van der Waals surface area contributed by atoms with Crippen LogP contribution in [0.2, 0.25) is 0 Å². The van der Waals surface area contributed by atoms with Gasteiger partial charge in [-0.1, -0.05) is 78.1 Å². The molecule has 1 aliphatic rings. The Hall–Kier alpha value is -0.410. The van der Waals surface area contributed by atoms with E-state index in [1.807, 2.05) is 0 Å². The van der Waals surface area contributed by atoms with Crippen molar-refractivity contribution in [3.8, 4) is 0 Å². The molecule has 0 aliphatic carbocycles. The lowest BCUT2D eigenvalue weighted by atomic mass is 10.1. The Bertz CT molecular complexity index is 201. The topological polar surface area (TPSA) is 38.8 Å². The standard InChI is InChI=1S/C16H34O.C3H4O2/c1-3-5-7-9-11-13-15-17-16-14-12-10-8-6-4-2;4-1-3-2-5-3/h3-16H2,1-2H3;1,3H,2H2. The van der Waals surface area contributed by atoms with E-state index < -0.39 is 0 Å². The molecule has 1 atom stereocenters. The second kappa shape index (κ2) is 18.6. The highest BCUT2D eigenvalue weighted by Crippen LogP contribution is 2.07. The van der Waals surface area contributed by atoms with Gasteiger partial charge in [-0.15, -0.1) is 0 Å². The van der Waals surface area contributed by atoms with Crippen LogP contribution >= 0.6 is 0 Å². The Morgan fingerprint density at radius 3 is 1.55 bits per heavy atom. The summed E-state index contributed by atoms with van der Waals surface area (Å²) in [5, 5.41) is 0. The van der Waals surface area contributed by atoms with Gasteiger partial charge in [0.25, 0.3) is 0 Å². The van der Waals surface area contributed by atoms with Crippen LogP contribution in [0.25, 0.3) is 0 Å². The Kier molecular flexibility index (Phi) is 18.3. The predicted octanol–water partition coefficient (Wildman–Crippen LogP) is 5.31. The van der Waals surface area contributed by atoms with Crippen molar-refractivity contribution in [2.75, 3.05) is 19.8 Å². The largest absolute Gasteiger partial charge is 0.381 e. The number of hydrogen-bond acceptors (Lipinski definition) is 3. The lowest BCUT2D eigenvalue weighted by Crippen LogP contribution is -1.97. The van der Waals surface area contributed by atoms with Crippen molar-refractivity contribution < 1.29 is 14.3 Å². The number of epoxide rings is 1. The maximum Gasteiger partial charge on any atom is 0.151 e. The van der Waals surface area contributed by atoms with E-state index in [2.05, 4.69) is 18.6 Å². The van der Waals surface area contributed by atoms with E-state index in [-0.39, 0.29) is 6.10 Å². The molecule has 22 heavy (non-hydrogen) atoms. The van der Waals surface area contributed by atoms with E-state index >= 15 is 0 Å². The number of aldehydes is 1. The first-order valence-corrected chi connectivity index (χ1v) is 9.49. The van der Waals surface area contributed by atoms with Crippen LogP contribution in [0.3, 0.4) is 0 Å². The predicted molar refractivity (Wildman–Crippen MR) is 93.4 cm³/mol. The molecule has 1 saturated heterocycles. The van der Waals surface area contributed by atoms with E-state index in [4.69, 9.17) is 4.74 Å². The maximum atomic E-state index is 9.44. The Balaban J connectivity index is 0.000000734. The van der Waals surface area contributed by atoms with Crippen molar-refractivity contribution in [1.82, 2.24) is 0 Å². The fourth-order valence-corrected chi connectivity index (χ4v) is 2.21. The summed E-state index contributed by atoms with van der Waals surface area (Å²) in [6, 6.07) is 0. The van der Waals surface area contributed by atoms with Crippen molar-refractivity contribution in [3.63, 3.8) is 0 Å². The van der Waals surface area contributed by atoms with Crippen LogP contribution in [0.15, 0.2) is 0 Å². The van der Waals surface area contributed by atoms with Crippen LogP contribution in [0, 0.1) is 0 Å². The lowest BCUT2D eigenvalue weighted by molar-refractivity contribution is -0.108. The van der Waals surface area contributed by atoms with E-state index in [9.17, 15) is 4.79 Å². The van der Waals surface area contributed by atoms with Crippen molar-refractivity contribution >= 4 is 6.29 Å². The van der Waals surface area contributed by atoms with E-state index in [1.165, 1.54) is 77.0 Å². The molecule has 0 aromatic rings. The van der Waals surface area contributed by atoms with E-state index in [0.29, 0.717) is 6.61 Å². The summed E-state index contributed by atoms with van der Waals surface area (Å²) in [6.07, 6.45) is 17.1. The van der Waals surface area contributed by atoms with Crippen molar-refractivity contribution in [2.24, 2.45) is 0 Å². The molecule has 0 saturated carbocycles. The molecule has 0 spiro atoms. The molecular formula is C19H38O3. The van der Waals surface area contributed by atoms with Crippen LogP contribution in [0.4, 0.5) is 0 Å². The van der Waals surface area contributed by atoms with Crippen LogP contribution in [-0.4, -0.2) is 32.2 Å². The number of carbonyl (C=O) groups excluding carboxylic acids is 1. The molecule has 0 N–H and O–H groups in total. The maximum absolute atomic E-state index is 9.44. The lowest BCUT2D eigenvalue weighted by Gasteiger charge is -2.04. The van der Waals surface area contributed by atoms with Crippen LogP contribution < -0.4 is 0 Å². The minimum Gasteiger partial charge on any atom is -0.381 e. The summed E-state index contributed by atoms with van der Waals surface area (Å²) in [5.41, 5.74) is 0. The second-order valence-electron chi connectivity index (χ2n) is 6.16. The zero-order chi connectivity index (χ0) is 16.3. The quantitative estimate of drug-likeness (QED) is 0.234. The number of carbonyl (C=O) groups is 1. The monoisotopic (exact) mass is 314 g/mol. The average Bonchev–Trinajstić information content (AvgIpc) is 3.37. The van der Waals surface area contributed by atoms with Crippen LogP contribution in [0.1, 0.15) is 90.9 Å².